The maximum absolute atomic E-state index is 11.1. The maximum atomic E-state index is 11.1. The Hall–Kier alpha value is -1.63. The largest absolute Gasteiger partial charge is 0.389 e. The average molecular weight is 256 g/mol. The van der Waals surface area contributed by atoms with Crippen LogP contribution in [0.5, 0.6) is 0 Å². The molecule has 18 heavy (non-hydrogen) atoms. The van der Waals surface area contributed by atoms with Crippen LogP contribution >= 0.6 is 0 Å². The lowest BCUT2D eigenvalue weighted by Gasteiger charge is -2.26. The fourth-order valence-corrected chi connectivity index (χ4v) is 2.03. The highest BCUT2D eigenvalue weighted by Crippen LogP contribution is 2.31. The highest BCUT2D eigenvalue weighted by Gasteiger charge is 2.29. The van der Waals surface area contributed by atoms with Gasteiger partial charge in [-0.15, -0.1) is 0 Å². The van der Waals surface area contributed by atoms with Crippen molar-refractivity contribution >= 4 is 11.5 Å². The Morgan fingerprint density at radius 2 is 2.11 bits per heavy atom. The van der Waals surface area contributed by atoms with Crippen molar-refractivity contribution in [2.24, 2.45) is 0 Å². The van der Waals surface area contributed by atoms with Crippen molar-refractivity contribution in [3.8, 4) is 0 Å². The predicted molar refractivity (Wildman–Crippen MR) is 68.9 cm³/mol. The minimum atomic E-state index is -0.931. The molecule has 1 rings (SSSR count). The molecule has 0 aliphatic heterocycles. The van der Waals surface area contributed by atoms with Crippen LogP contribution in [0.2, 0.25) is 0 Å². The minimum absolute atomic E-state index is 0.00333. The molecule has 102 valence electrons. The van der Waals surface area contributed by atoms with Gasteiger partial charge < -0.3 is 10.0 Å². The first-order valence-corrected chi connectivity index (χ1v) is 5.82. The summed E-state index contributed by atoms with van der Waals surface area (Å²) in [6.07, 6.45) is 0. The number of aryl methyl sites for hydroxylation is 2. The lowest BCUT2D eigenvalue weighted by atomic mass is 10.1. The molecule has 0 aliphatic carbocycles. The van der Waals surface area contributed by atoms with Crippen molar-refractivity contribution in [3.05, 3.63) is 15.8 Å². The molecule has 0 aliphatic rings. The van der Waals surface area contributed by atoms with Gasteiger partial charge in [0.1, 0.15) is 5.69 Å². The van der Waals surface area contributed by atoms with Gasteiger partial charge >= 0.3 is 5.69 Å². The topological polar surface area (TPSA) is 84.4 Å². The number of likely N-dealkylation sites (N-methyl/N-ethyl adjacent to an activating group) is 1. The molecule has 1 aromatic heterocycles. The van der Waals surface area contributed by atoms with Gasteiger partial charge in [-0.05, 0) is 27.7 Å². The van der Waals surface area contributed by atoms with Gasteiger partial charge in [0.05, 0.1) is 10.5 Å². The molecule has 0 spiro atoms. The standard InChI is InChI=1S/C11H20N4O3/c1-6-14-10(13(5)7-11(3,4)16)9(15(17)18)8(2)12-14/h16H,6-7H2,1-5H3. The van der Waals surface area contributed by atoms with Crippen LogP contribution in [0.1, 0.15) is 26.5 Å². The normalized spacial score (nSPS) is 11.7. The second-order valence-corrected chi connectivity index (χ2v) is 5.00. The van der Waals surface area contributed by atoms with Crippen molar-refractivity contribution in [2.45, 2.75) is 39.8 Å². The Balaban J connectivity index is 3.24. The second-order valence-electron chi connectivity index (χ2n) is 5.00. The van der Waals surface area contributed by atoms with Crippen LogP contribution in [-0.4, -0.2) is 39.0 Å². The number of aliphatic hydroxyl groups is 1. The van der Waals surface area contributed by atoms with E-state index in [0.717, 1.165) is 0 Å². The molecule has 0 saturated heterocycles. The number of aromatic nitrogens is 2. The maximum Gasteiger partial charge on any atom is 0.333 e. The first-order valence-electron chi connectivity index (χ1n) is 5.82. The number of hydrogen-bond acceptors (Lipinski definition) is 5. The monoisotopic (exact) mass is 256 g/mol. The zero-order chi connectivity index (χ0) is 14.1. The molecule has 0 amide bonds. The van der Waals surface area contributed by atoms with E-state index in [1.54, 1.807) is 37.4 Å². The summed E-state index contributed by atoms with van der Waals surface area (Å²) >= 11 is 0. The summed E-state index contributed by atoms with van der Waals surface area (Å²) in [6, 6.07) is 0. The van der Waals surface area contributed by atoms with E-state index < -0.39 is 10.5 Å². The van der Waals surface area contributed by atoms with Crippen LogP contribution in [-0.2, 0) is 6.54 Å². The molecule has 1 heterocycles. The molecule has 0 atom stereocenters. The van der Waals surface area contributed by atoms with Crippen molar-refractivity contribution in [1.82, 2.24) is 9.78 Å². The van der Waals surface area contributed by atoms with Gasteiger partial charge in [0.2, 0.25) is 5.82 Å². The Kier molecular flexibility index (Phi) is 3.95. The molecule has 0 radical (unpaired) electrons. The van der Waals surface area contributed by atoms with Gasteiger partial charge in [-0.2, -0.15) is 5.10 Å². The molecule has 1 N–H and O–H groups in total. The Bertz CT molecular complexity index is 448. The highest BCUT2D eigenvalue weighted by atomic mass is 16.6. The molecule has 0 fully saturated rings. The molecule has 7 nitrogen and oxygen atoms in total. The van der Waals surface area contributed by atoms with Crippen LogP contribution in [0.15, 0.2) is 0 Å². The quantitative estimate of drug-likeness (QED) is 0.634. The molecule has 0 saturated carbocycles. The van der Waals surface area contributed by atoms with Crippen LogP contribution in [0.4, 0.5) is 11.5 Å². The predicted octanol–water partition coefficient (Wildman–Crippen LogP) is 1.33. The molecule has 7 heteroatoms. The summed E-state index contributed by atoms with van der Waals surface area (Å²) < 4.78 is 1.58. The molecule has 1 aromatic rings. The van der Waals surface area contributed by atoms with Crippen molar-refractivity contribution in [2.75, 3.05) is 18.5 Å². The summed E-state index contributed by atoms with van der Waals surface area (Å²) in [5.74, 6) is 0.433. The number of nitro groups is 1. The second kappa shape index (κ2) is 4.93. The minimum Gasteiger partial charge on any atom is -0.389 e. The van der Waals surface area contributed by atoms with Gasteiger partial charge in [-0.1, -0.05) is 0 Å². The number of nitrogens with zero attached hydrogens (tertiary/aromatic N) is 4. The summed E-state index contributed by atoms with van der Waals surface area (Å²) in [5, 5.41) is 25.1. The molecular weight excluding hydrogens is 236 g/mol. The first-order chi connectivity index (χ1) is 8.17. The highest BCUT2D eigenvalue weighted by molar-refractivity contribution is 5.61. The van der Waals surface area contributed by atoms with E-state index >= 15 is 0 Å². The Labute approximate surface area is 106 Å². The van der Waals surface area contributed by atoms with Crippen LogP contribution in [0.3, 0.4) is 0 Å². The third-order valence-corrected chi connectivity index (χ3v) is 2.54. The van der Waals surface area contributed by atoms with E-state index in [-0.39, 0.29) is 5.69 Å². The van der Waals surface area contributed by atoms with Gasteiger partial charge in [-0.3, -0.25) is 10.1 Å². The van der Waals surface area contributed by atoms with E-state index in [0.29, 0.717) is 24.6 Å². The van der Waals surface area contributed by atoms with E-state index in [4.69, 9.17) is 0 Å². The van der Waals surface area contributed by atoms with Crippen molar-refractivity contribution in [3.63, 3.8) is 0 Å². The zero-order valence-electron chi connectivity index (χ0n) is 11.5. The zero-order valence-corrected chi connectivity index (χ0v) is 11.5. The SMILES string of the molecule is CCn1nc(C)c([N+](=O)[O-])c1N(C)CC(C)(C)O. The van der Waals surface area contributed by atoms with Crippen molar-refractivity contribution in [1.29, 1.82) is 0 Å². The lowest BCUT2D eigenvalue weighted by Crippen LogP contribution is -2.37. The van der Waals surface area contributed by atoms with Gasteiger partial charge in [0.25, 0.3) is 0 Å². The third-order valence-electron chi connectivity index (χ3n) is 2.54. The van der Waals surface area contributed by atoms with Crippen LogP contribution in [0, 0.1) is 17.0 Å². The molecule has 0 aromatic carbocycles. The Morgan fingerprint density at radius 1 is 1.56 bits per heavy atom. The average Bonchev–Trinajstić information content (AvgIpc) is 2.52. The molecular formula is C11H20N4O3. The summed E-state index contributed by atoms with van der Waals surface area (Å²) in [7, 11) is 1.72. The first kappa shape index (κ1) is 14.4. The summed E-state index contributed by atoms with van der Waals surface area (Å²) in [6.45, 7) is 7.65. The fourth-order valence-electron chi connectivity index (χ4n) is 2.03. The smallest absolute Gasteiger partial charge is 0.333 e. The number of hydrogen-bond donors (Lipinski definition) is 1. The molecule has 0 unspecified atom stereocenters. The Morgan fingerprint density at radius 3 is 2.50 bits per heavy atom. The van der Waals surface area contributed by atoms with E-state index in [1.165, 1.54) is 0 Å². The van der Waals surface area contributed by atoms with E-state index in [2.05, 4.69) is 5.10 Å². The van der Waals surface area contributed by atoms with Gasteiger partial charge in [0, 0.05) is 20.1 Å². The van der Waals surface area contributed by atoms with Crippen LogP contribution in [0.25, 0.3) is 0 Å². The van der Waals surface area contributed by atoms with E-state index in [1.807, 2.05) is 6.92 Å². The summed E-state index contributed by atoms with van der Waals surface area (Å²) in [5.41, 5.74) is -0.539. The third kappa shape index (κ3) is 2.98. The number of anilines is 1. The van der Waals surface area contributed by atoms with Crippen molar-refractivity contribution < 1.29 is 10.0 Å². The summed E-state index contributed by atoms with van der Waals surface area (Å²) in [4.78, 5) is 12.3. The van der Waals surface area contributed by atoms with Crippen LogP contribution < -0.4 is 4.90 Å². The number of rotatable bonds is 5. The van der Waals surface area contributed by atoms with Gasteiger partial charge in [-0.25, -0.2) is 4.68 Å². The lowest BCUT2D eigenvalue weighted by molar-refractivity contribution is -0.384. The molecule has 0 bridgehead atoms. The van der Waals surface area contributed by atoms with Gasteiger partial charge in [0.15, 0.2) is 0 Å². The fraction of sp³-hybridized carbons (Fsp3) is 0.727. The van der Waals surface area contributed by atoms with E-state index in [9.17, 15) is 15.2 Å².